The maximum atomic E-state index is 12.1. The van der Waals surface area contributed by atoms with Crippen LogP contribution < -0.4 is 4.74 Å². The van der Waals surface area contributed by atoms with E-state index in [4.69, 9.17) is 34.1 Å². The quantitative estimate of drug-likeness (QED) is 0.100. The highest BCUT2D eigenvalue weighted by Crippen LogP contribution is 2.70. The summed E-state index contributed by atoms with van der Waals surface area (Å²) in [5.74, 6) is 9.57. The molecule has 6 N–H and O–H groups in total. The number of carbonyl (C=O) groups excluding carboxylic acids is 2. The van der Waals surface area contributed by atoms with Crippen molar-refractivity contribution in [1.82, 2.24) is 0 Å². The number of benzene rings is 3. The highest BCUT2D eigenvalue weighted by Gasteiger charge is 2.75. The molecule has 496 valence electrons. The highest BCUT2D eigenvalue weighted by atomic mass is 17.3. The fraction of sp³-hybridized carbons (Fsp3) is 0.733. The minimum absolute atomic E-state index is 0.0316. The molecule has 0 aromatic heterocycles. The third-order valence-corrected chi connectivity index (χ3v) is 23.8. The van der Waals surface area contributed by atoms with E-state index in [0.717, 1.165) is 40.7 Å². The third kappa shape index (κ3) is 13.2. The van der Waals surface area contributed by atoms with Crippen molar-refractivity contribution >= 4 is 11.6 Å². The van der Waals surface area contributed by atoms with E-state index < -0.39 is 48.5 Å². The molecule has 89 heavy (non-hydrogen) atoms. The van der Waals surface area contributed by atoms with Crippen molar-refractivity contribution in [3.05, 3.63) is 89.5 Å². The summed E-state index contributed by atoms with van der Waals surface area (Å²) in [5, 5.41) is 58.9. The predicted octanol–water partition coefficient (Wildman–Crippen LogP) is 15.2. The highest BCUT2D eigenvalue weighted by molar-refractivity contribution is 5.94. The third-order valence-electron chi connectivity index (χ3n) is 23.8. The van der Waals surface area contributed by atoms with Crippen LogP contribution in [0.4, 0.5) is 0 Å². The zero-order valence-corrected chi connectivity index (χ0v) is 55.4. The van der Waals surface area contributed by atoms with Crippen LogP contribution in [0.1, 0.15) is 238 Å². The number of hydrogen-bond donors (Lipinski definition) is 6. The van der Waals surface area contributed by atoms with Crippen molar-refractivity contribution < 1.29 is 69.3 Å². The number of phenolic OH excluding ortho intramolecular Hbond substituents is 2. The maximum absolute atomic E-state index is 12.1. The number of carbonyl (C=O) groups is 2. The Morgan fingerprint density at radius 2 is 1.01 bits per heavy atom. The Labute approximate surface area is 532 Å². The van der Waals surface area contributed by atoms with Crippen molar-refractivity contribution in [2.75, 3.05) is 6.61 Å². The Kier molecular flexibility index (Phi) is 23.7. The summed E-state index contributed by atoms with van der Waals surface area (Å²) in [7, 11) is 0. The minimum Gasteiger partial charge on any atom is -0.508 e. The Hall–Kier alpha value is -3.96. The number of ketones is 2. The standard InChI is InChI=1S/C27H38O8.C21H28O3.C13H20O.C8H8O2.3C2H6/c1-26(27(35-34-26)17-8-5-11-20(27)19-10-3-2-6-15(19)12-17)16-7-4-9-18(13-16)32-25-24(31)23(30)22(29)21(14-28)33-25;1-20(15-7-4-9-17(22)13-15)21(24-23-20)16-8-5-11-19(21)18-10-3-2-6-14(18)12-16;14-13-10-5-3-7-12(13)11-6-2-1-4-9(11)8-10;1-6(9)7-3-2-4-8(10)5-7;3*1-2/h4,7,9,13,15,17,19-25,28-31H,2-3,5-6,8,10-12,14H2,1H3;4,7,9,13-14,16,18-19,22H,2-3,5-6,8,10-12H2,1H3;9-12H,1-8H2;2-5,10H,1H3;3*1-2H3/t15?,17?,19?,20?,21?,22-,23+,24?,25-,26?,27?;;;;;;/m1....../s1. The molecule has 3 saturated heterocycles. The molecule has 3 heterocycles. The summed E-state index contributed by atoms with van der Waals surface area (Å²) in [5.41, 5.74) is 1.00. The topological polar surface area (TPSA) is 211 Å². The molecule has 12 aliphatic rings. The molecule has 9 aliphatic carbocycles. The molecule has 3 aliphatic heterocycles. The summed E-state index contributed by atoms with van der Waals surface area (Å²) in [6, 6.07) is 21.5. The number of aliphatic hydroxyl groups is 4. The van der Waals surface area contributed by atoms with Crippen LogP contribution in [0.2, 0.25) is 0 Å². The smallest absolute Gasteiger partial charge is 0.229 e. The van der Waals surface area contributed by atoms with Gasteiger partial charge in [0.05, 0.1) is 6.61 Å². The molecular weight excluding hydrogens is 1120 g/mol. The van der Waals surface area contributed by atoms with Crippen LogP contribution in [0, 0.1) is 71.0 Å². The summed E-state index contributed by atoms with van der Waals surface area (Å²) >= 11 is 0. The van der Waals surface area contributed by atoms with Gasteiger partial charge < -0.3 is 40.1 Å². The van der Waals surface area contributed by atoms with Gasteiger partial charge in [-0.15, -0.1) is 0 Å². The van der Waals surface area contributed by atoms with E-state index in [2.05, 4.69) is 19.9 Å². The molecule has 0 amide bonds. The van der Waals surface area contributed by atoms with E-state index in [-0.39, 0.29) is 22.7 Å². The number of fused-ring (bicyclic) bond motifs is 8. The number of hydrogen-bond acceptors (Lipinski definition) is 14. The van der Waals surface area contributed by atoms with E-state index in [1.807, 2.05) is 71.9 Å². The average Bonchev–Trinajstić information content (AvgIpc) is 0.689. The Morgan fingerprint density at radius 3 is 1.51 bits per heavy atom. The molecular formula is C75H112O14. The minimum atomic E-state index is -1.48. The normalized spacial score (nSPS) is 40.7. The second kappa shape index (κ2) is 30.4. The molecule has 15 rings (SSSR count). The van der Waals surface area contributed by atoms with Gasteiger partial charge in [-0.25, -0.2) is 19.6 Å². The number of aromatic hydroxyl groups is 2. The molecule has 6 bridgehead atoms. The van der Waals surface area contributed by atoms with E-state index in [0.29, 0.717) is 64.3 Å². The largest absolute Gasteiger partial charge is 0.508 e. The molecule has 12 fully saturated rings. The first-order valence-electron chi connectivity index (χ1n) is 35.5. The van der Waals surface area contributed by atoms with E-state index in [9.17, 15) is 35.1 Å². The molecule has 14 heteroatoms. The first kappa shape index (κ1) is 69.4. The number of aliphatic hydroxyl groups excluding tert-OH is 4. The Balaban J connectivity index is 0.000000150. The first-order valence-corrected chi connectivity index (χ1v) is 35.5. The van der Waals surface area contributed by atoms with Crippen molar-refractivity contribution in [2.24, 2.45) is 71.0 Å². The lowest BCUT2D eigenvalue weighted by Gasteiger charge is -2.68. The maximum Gasteiger partial charge on any atom is 0.229 e. The number of phenols is 2. The summed E-state index contributed by atoms with van der Waals surface area (Å²) in [4.78, 5) is 46.9. The van der Waals surface area contributed by atoms with Crippen LogP contribution in [0.3, 0.4) is 0 Å². The fourth-order valence-electron chi connectivity index (χ4n) is 19.9. The Morgan fingerprint density at radius 1 is 0.528 bits per heavy atom. The van der Waals surface area contributed by atoms with Gasteiger partial charge in [-0.3, -0.25) is 9.59 Å². The van der Waals surface area contributed by atoms with E-state index in [1.54, 1.807) is 24.3 Å². The zero-order chi connectivity index (χ0) is 63.8. The molecule has 21 atom stereocenters. The van der Waals surface area contributed by atoms with Gasteiger partial charge in [0.2, 0.25) is 6.29 Å². The number of ether oxygens (including phenoxy) is 2. The molecule has 3 aromatic rings. The lowest BCUT2D eigenvalue weighted by atomic mass is 9.46. The van der Waals surface area contributed by atoms with Gasteiger partial charge >= 0.3 is 0 Å². The first-order chi connectivity index (χ1) is 43.1. The summed E-state index contributed by atoms with van der Waals surface area (Å²) in [6.45, 7) is 17.3. The van der Waals surface area contributed by atoms with Gasteiger partial charge in [0.1, 0.15) is 58.6 Å². The molecule has 2 spiro atoms. The van der Waals surface area contributed by atoms with Gasteiger partial charge in [0.25, 0.3) is 0 Å². The van der Waals surface area contributed by atoms with Crippen LogP contribution in [0.25, 0.3) is 0 Å². The Bertz CT molecular complexity index is 2750. The lowest BCUT2D eigenvalue weighted by molar-refractivity contribution is -0.590. The van der Waals surface area contributed by atoms with Crippen LogP contribution in [0.5, 0.6) is 17.2 Å². The lowest BCUT2D eigenvalue weighted by Crippen LogP contribution is -2.74. The van der Waals surface area contributed by atoms with Gasteiger partial charge in [-0.2, -0.15) is 0 Å². The fourth-order valence-corrected chi connectivity index (χ4v) is 19.9. The van der Waals surface area contributed by atoms with Crippen LogP contribution in [-0.4, -0.2) is 90.7 Å². The summed E-state index contributed by atoms with van der Waals surface area (Å²) in [6.07, 6.45) is 24.8. The number of Topliss-reactive ketones (excluding diaryl/α,β-unsaturated/α-hetero) is 2. The average molecular weight is 1240 g/mol. The second-order valence-electron chi connectivity index (χ2n) is 27.9. The van der Waals surface area contributed by atoms with Crippen molar-refractivity contribution in [3.63, 3.8) is 0 Å². The van der Waals surface area contributed by atoms with E-state index in [1.165, 1.54) is 173 Å². The molecule has 18 unspecified atom stereocenters. The van der Waals surface area contributed by atoms with Crippen LogP contribution >= 0.6 is 0 Å². The van der Waals surface area contributed by atoms with Crippen molar-refractivity contribution in [3.8, 4) is 17.2 Å². The van der Waals surface area contributed by atoms with E-state index >= 15 is 0 Å². The second-order valence-corrected chi connectivity index (χ2v) is 27.9. The van der Waals surface area contributed by atoms with Gasteiger partial charge in [0.15, 0.2) is 17.0 Å². The summed E-state index contributed by atoms with van der Waals surface area (Å²) < 4.78 is 11.5. The molecule has 3 aromatic carbocycles. The molecule has 0 radical (unpaired) electrons. The molecule has 14 nitrogen and oxygen atoms in total. The number of rotatable bonds is 6. The van der Waals surface area contributed by atoms with Crippen LogP contribution in [0.15, 0.2) is 72.8 Å². The zero-order valence-electron chi connectivity index (χ0n) is 55.4. The van der Waals surface area contributed by atoms with Crippen LogP contribution in [-0.2, 0) is 40.3 Å². The van der Waals surface area contributed by atoms with Gasteiger partial charge in [0, 0.05) is 17.4 Å². The van der Waals surface area contributed by atoms with Crippen molar-refractivity contribution in [2.45, 2.75) is 270 Å². The van der Waals surface area contributed by atoms with Crippen molar-refractivity contribution in [1.29, 1.82) is 0 Å². The molecule has 9 saturated carbocycles. The SMILES string of the molecule is CC.CC.CC.CC(=O)c1cccc(O)c1.CC1(c2cccc(O)c2)OOC12C1CCCC2C2CCCCC2C1.CC1(c2cccc(O[C@@H]3OC(CO)[C@@H](O)[C@H](O)C3O)c2)OOC12C1CCCC2C2CCCCC2C1.O=C1C2CCCC1C1CCCCC1C2. The van der Waals surface area contributed by atoms with Gasteiger partial charge in [-0.05, 0) is 205 Å². The van der Waals surface area contributed by atoms with Gasteiger partial charge in [-0.1, -0.05) is 155 Å². The predicted molar refractivity (Wildman–Crippen MR) is 343 cm³/mol. The monoisotopic (exact) mass is 1240 g/mol.